The van der Waals surface area contributed by atoms with Gasteiger partial charge >= 0.3 is 6.20 Å². The molecule has 1 unspecified atom stereocenters. The Morgan fingerprint density at radius 1 is 1.77 bits per heavy atom. The zero-order valence-corrected chi connectivity index (χ0v) is 7.44. The van der Waals surface area contributed by atoms with Crippen molar-refractivity contribution in [3.05, 3.63) is 16.9 Å². The van der Waals surface area contributed by atoms with Crippen LogP contribution in [0.5, 0.6) is 0 Å². The molecule has 70 valence electrons. The second-order valence-electron chi connectivity index (χ2n) is 3.42. The summed E-state index contributed by atoms with van der Waals surface area (Å²) < 4.78 is 0. The number of hydrogen-bond donors (Lipinski definition) is 1. The molecule has 1 rings (SSSR count). The van der Waals surface area contributed by atoms with E-state index in [2.05, 4.69) is 4.98 Å². The highest BCUT2D eigenvalue weighted by molar-refractivity contribution is 5.80. The van der Waals surface area contributed by atoms with E-state index in [0.717, 1.165) is 19.0 Å². The number of ketones is 1. The fourth-order valence-electron chi connectivity index (χ4n) is 1.62. The Morgan fingerprint density at radius 2 is 2.54 bits per heavy atom. The Labute approximate surface area is 76.9 Å². The maximum absolute atomic E-state index is 10.9. The maximum Gasteiger partial charge on any atom is 0.387 e. The first kappa shape index (κ1) is 9.72. The molecular formula is C9H13N2O2+. The van der Waals surface area contributed by atoms with Gasteiger partial charge in [0.2, 0.25) is 5.39 Å². The van der Waals surface area contributed by atoms with Gasteiger partial charge in [-0.3, -0.25) is 4.79 Å². The molecule has 0 spiro atoms. The van der Waals surface area contributed by atoms with E-state index < -0.39 is 0 Å². The summed E-state index contributed by atoms with van der Waals surface area (Å²) in [6.07, 6.45) is 4.56. The van der Waals surface area contributed by atoms with Crippen molar-refractivity contribution in [3.63, 3.8) is 0 Å². The number of aliphatic hydroxyl groups is 1. The Kier molecular flexibility index (Phi) is 3.44. The molecule has 0 aromatic heterocycles. The molecule has 1 aliphatic rings. The predicted octanol–water partition coefficient (Wildman–Crippen LogP) is 2.39. The highest BCUT2D eigenvalue weighted by Crippen LogP contribution is 2.27. The molecule has 0 radical (unpaired) electrons. The van der Waals surface area contributed by atoms with Crippen LogP contribution in [0.15, 0.2) is 12.0 Å². The van der Waals surface area contributed by atoms with Crippen LogP contribution in [0.2, 0.25) is 0 Å². The average molecular weight is 181 g/mol. The van der Waals surface area contributed by atoms with E-state index in [1.165, 1.54) is 0 Å². The first-order valence-electron chi connectivity index (χ1n) is 4.46. The molecule has 0 heterocycles. The number of carbonyl (C=O) groups is 1. The van der Waals surface area contributed by atoms with Gasteiger partial charge in [-0.05, 0) is 18.8 Å². The molecule has 4 nitrogen and oxygen atoms in total. The number of nitrogens with zero attached hydrogens (tertiary/aromatic N) is 2. The highest BCUT2D eigenvalue weighted by atomic mass is 16.3. The van der Waals surface area contributed by atoms with Gasteiger partial charge in [-0.25, -0.2) is 0 Å². The summed E-state index contributed by atoms with van der Waals surface area (Å²) in [4.78, 5) is 13.6. The standard InChI is InChI=1S/C9H12N2O2/c10-11-6-9(13)4-2-7-1-3-8(12)5-7/h6-7H,1-5H2/p+1/b9-6-. The fourth-order valence-corrected chi connectivity index (χ4v) is 1.62. The second kappa shape index (κ2) is 4.61. The van der Waals surface area contributed by atoms with Crippen LogP contribution in [0.4, 0.5) is 0 Å². The molecule has 1 aliphatic carbocycles. The largest absolute Gasteiger partial charge is 0.505 e. The first-order valence-corrected chi connectivity index (χ1v) is 4.46. The molecule has 0 aromatic carbocycles. The Balaban J connectivity index is 2.24. The molecule has 0 amide bonds. The Bertz CT molecular complexity index is 265. The molecule has 13 heavy (non-hydrogen) atoms. The molecule has 1 saturated carbocycles. The van der Waals surface area contributed by atoms with E-state index in [4.69, 9.17) is 10.5 Å². The van der Waals surface area contributed by atoms with Gasteiger partial charge in [0.1, 0.15) is 5.78 Å². The fraction of sp³-hybridized carbons (Fsp3) is 0.667. The zero-order chi connectivity index (χ0) is 9.68. The third-order valence-electron chi connectivity index (χ3n) is 2.36. The van der Waals surface area contributed by atoms with Crippen LogP contribution >= 0.6 is 0 Å². The van der Waals surface area contributed by atoms with Crippen molar-refractivity contribution in [2.75, 3.05) is 0 Å². The van der Waals surface area contributed by atoms with Gasteiger partial charge in [0.25, 0.3) is 0 Å². The monoisotopic (exact) mass is 181 g/mol. The number of rotatable bonds is 3. The number of aliphatic hydroxyl groups excluding tert-OH is 1. The number of diazo groups is 1. The van der Waals surface area contributed by atoms with Crippen LogP contribution in [0.3, 0.4) is 0 Å². The highest BCUT2D eigenvalue weighted by Gasteiger charge is 2.22. The third-order valence-corrected chi connectivity index (χ3v) is 2.36. The van der Waals surface area contributed by atoms with Crippen molar-refractivity contribution in [1.82, 2.24) is 0 Å². The summed E-state index contributed by atoms with van der Waals surface area (Å²) in [5.74, 6) is 0.795. The summed E-state index contributed by atoms with van der Waals surface area (Å²) in [5, 5.41) is 17.2. The molecule has 0 bridgehead atoms. The number of allylic oxidation sites excluding steroid dienone is 1. The van der Waals surface area contributed by atoms with Crippen LogP contribution in [0.1, 0.15) is 32.1 Å². The summed E-state index contributed by atoms with van der Waals surface area (Å²) in [6, 6.07) is 0. The zero-order valence-electron chi connectivity index (χ0n) is 7.44. The Hall–Kier alpha value is -1.37. The van der Waals surface area contributed by atoms with E-state index in [1.807, 2.05) is 0 Å². The van der Waals surface area contributed by atoms with Gasteiger partial charge in [0.15, 0.2) is 10.7 Å². The summed E-state index contributed by atoms with van der Waals surface area (Å²) in [6.45, 7) is 0. The Morgan fingerprint density at radius 3 is 3.08 bits per heavy atom. The molecule has 1 atom stereocenters. The minimum atomic E-state index is 0.0712. The van der Waals surface area contributed by atoms with Crippen molar-refractivity contribution >= 4 is 5.78 Å². The van der Waals surface area contributed by atoms with E-state index in [9.17, 15) is 4.79 Å². The van der Waals surface area contributed by atoms with Crippen LogP contribution in [0, 0.1) is 11.3 Å². The molecule has 1 fully saturated rings. The topological polar surface area (TPSA) is 65.4 Å². The van der Waals surface area contributed by atoms with Gasteiger partial charge in [-0.2, -0.15) is 0 Å². The van der Waals surface area contributed by atoms with Gasteiger partial charge in [-0.15, -0.1) is 0 Å². The van der Waals surface area contributed by atoms with E-state index in [0.29, 0.717) is 31.0 Å². The second-order valence-corrected chi connectivity index (χ2v) is 3.42. The van der Waals surface area contributed by atoms with Crippen LogP contribution in [-0.4, -0.2) is 10.9 Å². The molecule has 0 saturated heterocycles. The van der Waals surface area contributed by atoms with Crippen molar-refractivity contribution in [2.24, 2.45) is 5.92 Å². The van der Waals surface area contributed by atoms with E-state index >= 15 is 0 Å². The van der Waals surface area contributed by atoms with Crippen LogP contribution in [-0.2, 0) is 4.79 Å². The van der Waals surface area contributed by atoms with Gasteiger partial charge in [-0.1, -0.05) is 0 Å². The summed E-state index contributed by atoms with van der Waals surface area (Å²) in [7, 11) is 0. The van der Waals surface area contributed by atoms with Gasteiger partial charge in [0.05, 0.1) is 0 Å². The molecule has 0 aliphatic heterocycles. The number of carbonyl (C=O) groups excluding carboxylic acids is 1. The van der Waals surface area contributed by atoms with Crippen LogP contribution < -0.4 is 0 Å². The maximum atomic E-state index is 10.9. The lowest BCUT2D eigenvalue weighted by Gasteiger charge is -2.04. The molecule has 1 N–H and O–H groups in total. The summed E-state index contributed by atoms with van der Waals surface area (Å²) in [5.41, 5.74) is 0. The molecule has 4 heteroatoms. The van der Waals surface area contributed by atoms with Gasteiger partial charge < -0.3 is 5.11 Å². The first-order chi connectivity index (χ1) is 6.22. The lowest BCUT2D eigenvalue weighted by molar-refractivity contribution is -0.117. The lowest BCUT2D eigenvalue weighted by Crippen LogP contribution is -1.96. The van der Waals surface area contributed by atoms with Gasteiger partial charge in [0, 0.05) is 19.3 Å². The van der Waals surface area contributed by atoms with Crippen molar-refractivity contribution in [1.29, 1.82) is 5.39 Å². The predicted molar refractivity (Wildman–Crippen MR) is 47.4 cm³/mol. The smallest absolute Gasteiger partial charge is 0.387 e. The van der Waals surface area contributed by atoms with Crippen molar-refractivity contribution < 1.29 is 9.90 Å². The lowest BCUT2D eigenvalue weighted by atomic mass is 10.0. The number of hydrogen-bond acceptors (Lipinski definition) is 3. The van der Waals surface area contributed by atoms with Crippen molar-refractivity contribution in [2.45, 2.75) is 32.1 Å². The SMILES string of the molecule is N#[N+]/C=C(\O)CCC1CCC(=O)C1. The third kappa shape index (κ3) is 3.24. The quantitative estimate of drug-likeness (QED) is 0.537. The van der Waals surface area contributed by atoms with Crippen molar-refractivity contribution in [3.8, 4) is 0 Å². The normalized spacial score (nSPS) is 23.2. The van der Waals surface area contributed by atoms with E-state index in [-0.39, 0.29) is 5.76 Å². The number of Topliss-reactive ketones (excluding diaryl/α,β-unsaturated/α-hetero) is 1. The molecular weight excluding hydrogens is 168 g/mol. The molecule has 0 aromatic rings. The average Bonchev–Trinajstić information content (AvgIpc) is 2.49. The van der Waals surface area contributed by atoms with Crippen LogP contribution in [0.25, 0.3) is 4.98 Å². The minimum absolute atomic E-state index is 0.0712. The minimum Gasteiger partial charge on any atom is -0.505 e. The summed E-state index contributed by atoms with van der Waals surface area (Å²) >= 11 is 0. The van der Waals surface area contributed by atoms with E-state index in [1.54, 1.807) is 0 Å².